The van der Waals surface area contributed by atoms with Crippen molar-refractivity contribution in [1.29, 1.82) is 0 Å². The van der Waals surface area contributed by atoms with E-state index in [1.165, 1.54) is 6.39 Å². The average Bonchev–Trinajstić information content (AvgIpc) is 2.71. The van der Waals surface area contributed by atoms with E-state index in [4.69, 9.17) is 9.52 Å². The van der Waals surface area contributed by atoms with Crippen LogP contribution in [-0.4, -0.2) is 16.1 Å². The zero-order valence-corrected chi connectivity index (χ0v) is 8.56. The number of rotatable bonds is 3. The molecular weight excluding hydrogens is 194 g/mol. The third-order valence-electron chi connectivity index (χ3n) is 3.17. The fraction of sp³-hybridized carbons (Fsp3) is 0.636. The van der Waals surface area contributed by atoms with Gasteiger partial charge in [0.05, 0.1) is 12.1 Å². The summed E-state index contributed by atoms with van der Waals surface area (Å²) in [6, 6.07) is 0. The van der Waals surface area contributed by atoms with Crippen LogP contribution in [0.3, 0.4) is 0 Å². The van der Waals surface area contributed by atoms with Crippen molar-refractivity contribution in [3.63, 3.8) is 0 Å². The van der Waals surface area contributed by atoms with E-state index >= 15 is 0 Å². The first-order valence-electron chi connectivity index (χ1n) is 5.36. The fourth-order valence-electron chi connectivity index (χ4n) is 2.24. The second-order valence-electron chi connectivity index (χ2n) is 4.23. The lowest BCUT2D eigenvalue weighted by molar-refractivity contribution is -0.143. The van der Waals surface area contributed by atoms with E-state index in [9.17, 15) is 4.79 Å². The van der Waals surface area contributed by atoms with E-state index in [0.717, 1.165) is 37.9 Å². The van der Waals surface area contributed by atoms with Gasteiger partial charge < -0.3 is 9.52 Å². The van der Waals surface area contributed by atoms with Crippen LogP contribution in [0.2, 0.25) is 0 Å². The standard InChI is InChI=1S/C11H15NO3/c13-11(14)9-3-1-8(2-4-9)5-10-6-12-7-15-10/h6-9H,1-5H2,(H,13,14). The molecule has 0 spiro atoms. The molecule has 0 unspecified atom stereocenters. The van der Waals surface area contributed by atoms with Gasteiger partial charge in [-0.25, -0.2) is 4.98 Å². The number of aliphatic carboxylic acids is 1. The molecule has 0 bridgehead atoms. The summed E-state index contributed by atoms with van der Waals surface area (Å²) >= 11 is 0. The molecule has 1 aliphatic rings. The molecule has 2 rings (SSSR count). The van der Waals surface area contributed by atoms with Gasteiger partial charge in [0.1, 0.15) is 5.76 Å². The number of carboxylic acid groups (broad SMARTS) is 1. The largest absolute Gasteiger partial charge is 0.481 e. The van der Waals surface area contributed by atoms with Crippen molar-refractivity contribution >= 4 is 5.97 Å². The van der Waals surface area contributed by atoms with Crippen LogP contribution >= 0.6 is 0 Å². The van der Waals surface area contributed by atoms with Crippen LogP contribution in [0.1, 0.15) is 31.4 Å². The van der Waals surface area contributed by atoms with Gasteiger partial charge in [-0.05, 0) is 31.6 Å². The van der Waals surface area contributed by atoms with Crippen LogP contribution < -0.4 is 0 Å². The van der Waals surface area contributed by atoms with Gasteiger partial charge in [-0.15, -0.1) is 0 Å². The number of nitrogens with zero attached hydrogens (tertiary/aromatic N) is 1. The van der Waals surface area contributed by atoms with Crippen LogP contribution in [0.5, 0.6) is 0 Å². The highest BCUT2D eigenvalue weighted by Crippen LogP contribution is 2.30. The summed E-state index contributed by atoms with van der Waals surface area (Å²) in [4.78, 5) is 14.6. The lowest BCUT2D eigenvalue weighted by atomic mass is 9.80. The molecule has 4 nitrogen and oxygen atoms in total. The molecular formula is C11H15NO3. The molecule has 0 aliphatic heterocycles. The Hall–Kier alpha value is -1.32. The highest BCUT2D eigenvalue weighted by atomic mass is 16.4. The smallest absolute Gasteiger partial charge is 0.306 e. The highest BCUT2D eigenvalue weighted by molar-refractivity contribution is 5.69. The number of hydrogen-bond donors (Lipinski definition) is 1. The molecule has 0 aromatic carbocycles. The lowest BCUT2D eigenvalue weighted by Gasteiger charge is -2.25. The molecule has 1 N–H and O–H groups in total. The summed E-state index contributed by atoms with van der Waals surface area (Å²) in [6.45, 7) is 0. The van der Waals surface area contributed by atoms with Gasteiger partial charge in [-0.2, -0.15) is 0 Å². The molecule has 0 radical (unpaired) electrons. The van der Waals surface area contributed by atoms with Crippen LogP contribution in [0.25, 0.3) is 0 Å². The Balaban J connectivity index is 1.81. The van der Waals surface area contributed by atoms with Crippen LogP contribution in [0.15, 0.2) is 17.0 Å². The van der Waals surface area contributed by atoms with Crippen LogP contribution in [0.4, 0.5) is 0 Å². The molecule has 0 amide bonds. The van der Waals surface area contributed by atoms with Gasteiger partial charge in [0, 0.05) is 6.42 Å². The second-order valence-corrected chi connectivity index (χ2v) is 4.23. The number of oxazole rings is 1. The molecule has 0 saturated heterocycles. The maximum Gasteiger partial charge on any atom is 0.306 e. The van der Waals surface area contributed by atoms with Gasteiger partial charge in [-0.3, -0.25) is 4.79 Å². The Morgan fingerprint density at radius 1 is 1.47 bits per heavy atom. The summed E-state index contributed by atoms with van der Waals surface area (Å²) in [6.07, 6.45) is 7.64. The summed E-state index contributed by atoms with van der Waals surface area (Å²) in [5.41, 5.74) is 0. The van der Waals surface area contributed by atoms with Gasteiger partial charge in [0.15, 0.2) is 6.39 Å². The molecule has 1 aromatic rings. The molecule has 1 fully saturated rings. The Labute approximate surface area is 88.3 Å². The number of carboxylic acids is 1. The van der Waals surface area contributed by atoms with Crippen molar-refractivity contribution < 1.29 is 14.3 Å². The lowest BCUT2D eigenvalue weighted by Crippen LogP contribution is -2.22. The van der Waals surface area contributed by atoms with Crippen LogP contribution in [-0.2, 0) is 11.2 Å². The highest BCUT2D eigenvalue weighted by Gasteiger charge is 2.26. The Bertz CT molecular complexity index is 313. The second kappa shape index (κ2) is 4.47. The Kier molecular flexibility index (Phi) is 3.04. The van der Waals surface area contributed by atoms with E-state index in [1.54, 1.807) is 6.20 Å². The number of carbonyl (C=O) groups is 1. The van der Waals surface area contributed by atoms with Crippen molar-refractivity contribution in [2.45, 2.75) is 32.1 Å². The maximum absolute atomic E-state index is 10.7. The van der Waals surface area contributed by atoms with Gasteiger partial charge in [0.2, 0.25) is 0 Å². The molecule has 4 heteroatoms. The molecule has 1 aliphatic carbocycles. The quantitative estimate of drug-likeness (QED) is 0.828. The van der Waals surface area contributed by atoms with E-state index in [-0.39, 0.29) is 5.92 Å². The SMILES string of the molecule is O=C(O)C1CCC(Cc2cnco2)CC1. The van der Waals surface area contributed by atoms with Crippen molar-refractivity contribution in [2.24, 2.45) is 11.8 Å². The first-order chi connectivity index (χ1) is 7.25. The van der Waals surface area contributed by atoms with Crippen molar-refractivity contribution in [2.75, 3.05) is 0 Å². The summed E-state index contributed by atoms with van der Waals surface area (Å²) in [5.74, 6) is 0.700. The number of aromatic nitrogens is 1. The van der Waals surface area contributed by atoms with Crippen LogP contribution in [0, 0.1) is 11.8 Å². The average molecular weight is 209 g/mol. The molecule has 1 heterocycles. The number of hydrogen-bond acceptors (Lipinski definition) is 3. The zero-order valence-electron chi connectivity index (χ0n) is 8.56. The van der Waals surface area contributed by atoms with Crippen molar-refractivity contribution in [3.05, 3.63) is 18.4 Å². The fourth-order valence-corrected chi connectivity index (χ4v) is 2.24. The minimum atomic E-state index is -0.645. The molecule has 1 aromatic heterocycles. The monoisotopic (exact) mass is 209 g/mol. The van der Waals surface area contributed by atoms with E-state index in [1.807, 2.05) is 0 Å². The summed E-state index contributed by atoms with van der Waals surface area (Å²) in [5, 5.41) is 8.85. The summed E-state index contributed by atoms with van der Waals surface area (Å²) in [7, 11) is 0. The predicted octanol–water partition coefficient (Wildman–Crippen LogP) is 2.11. The molecule has 15 heavy (non-hydrogen) atoms. The van der Waals surface area contributed by atoms with Gasteiger partial charge in [-0.1, -0.05) is 0 Å². The summed E-state index contributed by atoms with van der Waals surface area (Å²) < 4.78 is 5.18. The van der Waals surface area contributed by atoms with E-state index < -0.39 is 5.97 Å². The van der Waals surface area contributed by atoms with E-state index in [0.29, 0.717) is 5.92 Å². The zero-order chi connectivity index (χ0) is 10.7. The Morgan fingerprint density at radius 3 is 2.73 bits per heavy atom. The molecule has 0 atom stereocenters. The van der Waals surface area contributed by atoms with Crippen molar-refractivity contribution in [1.82, 2.24) is 4.98 Å². The topological polar surface area (TPSA) is 63.3 Å². The Morgan fingerprint density at radius 2 is 2.20 bits per heavy atom. The normalized spacial score (nSPS) is 26.4. The molecule has 82 valence electrons. The maximum atomic E-state index is 10.7. The first-order valence-corrected chi connectivity index (χ1v) is 5.36. The third kappa shape index (κ3) is 2.58. The minimum Gasteiger partial charge on any atom is -0.481 e. The minimum absolute atomic E-state index is 0.129. The van der Waals surface area contributed by atoms with Crippen molar-refractivity contribution in [3.8, 4) is 0 Å². The molecule has 1 saturated carbocycles. The third-order valence-corrected chi connectivity index (χ3v) is 3.17. The van der Waals surface area contributed by atoms with Gasteiger partial charge in [0.25, 0.3) is 0 Å². The van der Waals surface area contributed by atoms with E-state index in [2.05, 4.69) is 4.98 Å². The van der Waals surface area contributed by atoms with Gasteiger partial charge >= 0.3 is 5.97 Å². The predicted molar refractivity (Wildman–Crippen MR) is 53.3 cm³/mol. The first kappa shape index (κ1) is 10.2.